The maximum Gasteiger partial charge on any atom is 0.187 e. The molecule has 4 rings (SSSR count). The van der Waals surface area contributed by atoms with Gasteiger partial charge >= 0.3 is 0 Å². The summed E-state index contributed by atoms with van der Waals surface area (Å²) < 4.78 is 0. The van der Waals surface area contributed by atoms with Gasteiger partial charge in [0.1, 0.15) is 0 Å². The van der Waals surface area contributed by atoms with Crippen LogP contribution < -0.4 is 4.90 Å². The van der Waals surface area contributed by atoms with Gasteiger partial charge in [0, 0.05) is 31.2 Å². The van der Waals surface area contributed by atoms with Gasteiger partial charge < -0.3 is 4.90 Å². The van der Waals surface area contributed by atoms with E-state index >= 15 is 0 Å². The topological polar surface area (TPSA) is 10.8 Å². The minimum atomic E-state index is 0.200. The Kier molecular flexibility index (Phi) is 6.06. The molecular formula is C24H21Cl2N3. The molecule has 146 valence electrons. The Balaban J connectivity index is 1.59. The highest BCUT2D eigenvalue weighted by Gasteiger charge is 2.29. The van der Waals surface area contributed by atoms with E-state index < -0.39 is 0 Å². The average Bonchev–Trinajstić information content (AvgIpc) is 2.75. The van der Waals surface area contributed by atoms with Gasteiger partial charge in [-0.25, -0.2) is 4.85 Å². The monoisotopic (exact) mass is 421 g/mol. The quantitative estimate of drug-likeness (QED) is 0.438. The molecule has 0 radical (unpaired) electrons. The van der Waals surface area contributed by atoms with Gasteiger partial charge in [-0.05, 0) is 29.3 Å². The zero-order valence-corrected chi connectivity index (χ0v) is 17.4. The summed E-state index contributed by atoms with van der Waals surface area (Å²) in [6.07, 6.45) is 0. The van der Waals surface area contributed by atoms with E-state index in [0.29, 0.717) is 15.7 Å². The smallest absolute Gasteiger partial charge is 0.187 e. The predicted molar refractivity (Wildman–Crippen MR) is 121 cm³/mol. The van der Waals surface area contributed by atoms with Crippen molar-refractivity contribution in [2.24, 2.45) is 0 Å². The molecule has 0 bridgehead atoms. The molecule has 1 aliphatic heterocycles. The number of rotatable bonds is 4. The lowest BCUT2D eigenvalue weighted by Gasteiger charge is -2.43. The highest BCUT2D eigenvalue weighted by atomic mass is 35.5. The van der Waals surface area contributed by atoms with E-state index in [9.17, 15) is 0 Å². The van der Waals surface area contributed by atoms with E-state index in [2.05, 4.69) is 38.9 Å². The van der Waals surface area contributed by atoms with Crippen molar-refractivity contribution in [1.82, 2.24) is 4.90 Å². The molecule has 29 heavy (non-hydrogen) atoms. The summed E-state index contributed by atoms with van der Waals surface area (Å²) in [5.74, 6) is 0. The summed E-state index contributed by atoms with van der Waals surface area (Å²) in [4.78, 5) is 8.32. The Hall–Kier alpha value is -2.51. The Bertz CT molecular complexity index is 1010. The summed E-state index contributed by atoms with van der Waals surface area (Å²) in [5, 5.41) is 1.33. The molecule has 1 saturated heterocycles. The SMILES string of the molecule is [C-]#[N+]c1ccc(CN2CCN(c3ccc(Cl)cc3Cl)C(c3ccccc3)C2)cc1. The van der Waals surface area contributed by atoms with Crippen LogP contribution in [0.2, 0.25) is 10.0 Å². The molecule has 5 heteroatoms. The number of hydrogen-bond donors (Lipinski definition) is 0. The molecule has 1 unspecified atom stereocenters. The lowest BCUT2D eigenvalue weighted by Crippen LogP contribution is -2.48. The highest BCUT2D eigenvalue weighted by molar-refractivity contribution is 6.36. The Morgan fingerprint density at radius 3 is 2.38 bits per heavy atom. The molecule has 1 atom stereocenters. The van der Waals surface area contributed by atoms with Gasteiger partial charge in [0.25, 0.3) is 0 Å². The molecule has 1 heterocycles. The van der Waals surface area contributed by atoms with Crippen LogP contribution in [-0.4, -0.2) is 24.5 Å². The minimum absolute atomic E-state index is 0.200. The summed E-state index contributed by atoms with van der Waals surface area (Å²) in [6, 6.07) is 24.4. The van der Waals surface area contributed by atoms with Crippen LogP contribution in [0, 0.1) is 6.57 Å². The van der Waals surface area contributed by atoms with Crippen LogP contribution in [0.25, 0.3) is 4.85 Å². The molecule has 0 aliphatic carbocycles. The van der Waals surface area contributed by atoms with E-state index in [4.69, 9.17) is 29.8 Å². The molecule has 0 saturated carbocycles. The van der Waals surface area contributed by atoms with Gasteiger partial charge in [-0.3, -0.25) is 4.90 Å². The van der Waals surface area contributed by atoms with Crippen LogP contribution >= 0.6 is 23.2 Å². The second kappa shape index (κ2) is 8.88. The third-order valence-corrected chi connectivity index (χ3v) is 5.88. The van der Waals surface area contributed by atoms with Crippen molar-refractivity contribution in [3.05, 3.63) is 105 Å². The van der Waals surface area contributed by atoms with Crippen LogP contribution in [0.15, 0.2) is 72.8 Å². The van der Waals surface area contributed by atoms with Crippen LogP contribution in [0.5, 0.6) is 0 Å². The lowest BCUT2D eigenvalue weighted by atomic mass is 10.0. The molecule has 0 N–H and O–H groups in total. The van der Waals surface area contributed by atoms with Crippen molar-refractivity contribution in [3.63, 3.8) is 0 Å². The summed E-state index contributed by atoms with van der Waals surface area (Å²) in [6.45, 7) is 10.7. The van der Waals surface area contributed by atoms with E-state index in [0.717, 1.165) is 31.9 Å². The minimum Gasteiger partial charge on any atom is -0.361 e. The van der Waals surface area contributed by atoms with Crippen molar-refractivity contribution in [3.8, 4) is 0 Å². The maximum atomic E-state index is 7.11. The molecule has 3 aromatic carbocycles. The standard InChI is InChI=1S/C24H21Cl2N3/c1-27-21-10-7-18(8-11-21)16-28-13-14-29(23-12-9-20(25)15-22(23)26)24(17-28)19-5-3-2-4-6-19/h2-12,15,24H,13-14,16-17H2. The van der Waals surface area contributed by atoms with Crippen molar-refractivity contribution < 1.29 is 0 Å². The number of anilines is 1. The van der Waals surface area contributed by atoms with Gasteiger partial charge in [-0.1, -0.05) is 77.8 Å². The van der Waals surface area contributed by atoms with E-state index in [1.807, 2.05) is 48.5 Å². The van der Waals surface area contributed by atoms with Crippen LogP contribution in [0.4, 0.5) is 11.4 Å². The van der Waals surface area contributed by atoms with E-state index in [1.54, 1.807) is 0 Å². The van der Waals surface area contributed by atoms with E-state index in [1.165, 1.54) is 11.1 Å². The third kappa shape index (κ3) is 4.57. The fraction of sp³-hybridized carbons (Fsp3) is 0.208. The largest absolute Gasteiger partial charge is 0.361 e. The first-order chi connectivity index (χ1) is 14.1. The summed E-state index contributed by atoms with van der Waals surface area (Å²) in [5.41, 5.74) is 4.19. The zero-order valence-electron chi connectivity index (χ0n) is 15.9. The van der Waals surface area contributed by atoms with Crippen molar-refractivity contribution >= 4 is 34.6 Å². The zero-order chi connectivity index (χ0) is 20.2. The fourth-order valence-electron chi connectivity index (χ4n) is 3.88. The first-order valence-electron chi connectivity index (χ1n) is 9.59. The Morgan fingerprint density at radius 2 is 1.69 bits per heavy atom. The summed E-state index contributed by atoms with van der Waals surface area (Å²) in [7, 11) is 0. The van der Waals surface area contributed by atoms with Crippen LogP contribution in [-0.2, 0) is 6.54 Å². The fourth-order valence-corrected chi connectivity index (χ4v) is 4.40. The van der Waals surface area contributed by atoms with Crippen molar-refractivity contribution in [2.45, 2.75) is 12.6 Å². The lowest BCUT2D eigenvalue weighted by molar-refractivity contribution is 0.215. The van der Waals surface area contributed by atoms with Gasteiger partial charge in [0.2, 0.25) is 0 Å². The first kappa shape index (κ1) is 19.8. The van der Waals surface area contributed by atoms with Crippen LogP contribution in [0.3, 0.4) is 0 Å². The average molecular weight is 422 g/mol. The molecule has 0 aromatic heterocycles. The molecule has 1 fully saturated rings. The molecule has 1 aliphatic rings. The number of halogens is 2. The van der Waals surface area contributed by atoms with Gasteiger partial charge in [0.05, 0.1) is 23.3 Å². The molecule has 0 amide bonds. The number of benzene rings is 3. The number of piperazine rings is 1. The predicted octanol–water partition coefficient (Wildman–Crippen LogP) is 6.61. The van der Waals surface area contributed by atoms with E-state index in [-0.39, 0.29) is 6.04 Å². The summed E-state index contributed by atoms with van der Waals surface area (Å²) >= 11 is 12.7. The van der Waals surface area contributed by atoms with Gasteiger partial charge in [-0.15, -0.1) is 0 Å². The normalized spacial score (nSPS) is 17.1. The molecule has 3 aromatic rings. The second-order valence-corrected chi connectivity index (χ2v) is 8.07. The Labute approximate surface area is 181 Å². The number of nitrogens with zero attached hydrogens (tertiary/aromatic N) is 3. The van der Waals surface area contributed by atoms with Gasteiger partial charge in [-0.2, -0.15) is 0 Å². The first-order valence-corrected chi connectivity index (χ1v) is 10.3. The molecule has 0 spiro atoms. The second-order valence-electron chi connectivity index (χ2n) is 7.23. The van der Waals surface area contributed by atoms with Crippen molar-refractivity contribution in [1.29, 1.82) is 0 Å². The third-order valence-electron chi connectivity index (χ3n) is 5.34. The van der Waals surface area contributed by atoms with Gasteiger partial charge in [0.15, 0.2) is 5.69 Å². The highest BCUT2D eigenvalue weighted by Crippen LogP contribution is 2.36. The molecular weight excluding hydrogens is 401 g/mol. The Morgan fingerprint density at radius 1 is 0.931 bits per heavy atom. The van der Waals surface area contributed by atoms with Crippen LogP contribution in [0.1, 0.15) is 17.2 Å². The maximum absolute atomic E-state index is 7.11. The number of hydrogen-bond acceptors (Lipinski definition) is 2. The van der Waals surface area contributed by atoms with Crippen molar-refractivity contribution in [2.75, 3.05) is 24.5 Å². The molecule has 3 nitrogen and oxygen atoms in total.